The first kappa shape index (κ1) is 19.2. The van der Waals surface area contributed by atoms with E-state index in [0.717, 1.165) is 37.9 Å². The van der Waals surface area contributed by atoms with Crippen molar-refractivity contribution < 1.29 is 12.9 Å². The van der Waals surface area contributed by atoms with Crippen LogP contribution in [-0.4, -0.2) is 53.9 Å². The molecule has 1 aliphatic heterocycles. The lowest BCUT2D eigenvalue weighted by molar-refractivity contribution is 0.124. The summed E-state index contributed by atoms with van der Waals surface area (Å²) in [6.45, 7) is 4.33. The van der Waals surface area contributed by atoms with Crippen molar-refractivity contribution in [1.29, 1.82) is 0 Å². The van der Waals surface area contributed by atoms with Gasteiger partial charge in [-0.1, -0.05) is 11.2 Å². The summed E-state index contributed by atoms with van der Waals surface area (Å²) in [4.78, 5) is 7.21. The molecule has 156 valence electrons. The van der Waals surface area contributed by atoms with E-state index in [1.165, 1.54) is 17.5 Å². The highest BCUT2D eigenvalue weighted by molar-refractivity contribution is 7.89. The highest BCUT2D eigenvalue weighted by Gasteiger charge is 2.34. The van der Waals surface area contributed by atoms with Gasteiger partial charge in [-0.3, -0.25) is 4.90 Å². The number of aryl methyl sites for hydroxylation is 2. The van der Waals surface area contributed by atoms with Crippen molar-refractivity contribution in [3.05, 3.63) is 41.0 Å². The van der Waals surface area contributed by atoms with Crippen molar-refractivity contribution in [1.82, 2.24) is 19.3 Å². The van der Waals surface area contributed by atoms with Gasteiger partial charge in [0.2, 0.25) is 15.9 Å². The van der Waals surface area contributed by atoms with Gasteiger partial charge in [-0.05, 0) is 68.7 Å². The van der Waals surface area contributed by atoms with E-state index in [9.17, 15) is 8.42 Å². The maximum Gasteiger partial charge on any atom is 0.243 e. The third-order valence-electron chi connectivity index (χ3n) is 6.54. The van der Waals surface area contributed by atoms with Crippen LogP contribution in [0.1, 0.15) is 67.4 Å². The Balaban J connectivity index is 1.25. The van der Waals surface area contributed by atoms with E-state index in [4.69, 9.17) is 4.52 Å². The average Bonchev–Trinajstić information content (AvgIpc) is 3.49. The number of piperazine rings is 1. The summed E-state index contributed by atoms with van der Waals surface area (Å²) in [5.74, 6) is 1.93. The monoisotopic (exact) mass is 416 g/mol. The summed E-state index contributed by atoms with van der Waals surface area (Å²) in [6, 6.07) is 5.69. The van der Waals surface area contributed by atoms with Crippen LogP contribution in [0.2, 0.25) is 0 Å². The van der Waals surface area contributed by atoms with E-state index in [1.807, 2.05) is 12.1 Å². The molecule has 1 aromatic carbocycles. The lowest BCUT2D eigenvalue weighted by Crippen LogP contribution is -2.49. The van der Waals surface area contributed by atoms with E-state index < -0.39 is 10.0 Å². The molecule has 29 heavy (non-hydrogen) atoms. The van der Waals surface area contributed by atoms with Crippen LogP contribution in [0.3, 0.4) is 0 Å². The number of aromatic nitrogens is 2. The molecule has 2 aliphatic carbocycles. The van der Waals surface area contributed by atoms with Gasteiger partial charge >= 0.3 is 0 Å². The zero-order chi connectivity index (χ0) is 20.0. The Kier molecular flexibility index (Phi) is 4.96. The van der Waals surface area contributed by atoms with Crippen molar-refractivity contribution in [3.63, 3.8) is 0 Å². The summed E-state index contributed by atoms with van der Waals surface area (Å²) in [5.41, 5.74) is 2.51. The Hall–Kier alpha value is -1.77. The third-order valence-corrected chi connectivity index (χ3v) is 8.43. The van der Waals surface area contributed by atoms with Gasteiger partial charge in [-0.15, -0.1) is 0 Å². The van der Waals surface area contributed by atoms with Gasteiger partial charge in [0.25, 0.3) is 0 Å². The van der Waals surface area contributed by atoms with Gasteiger partial charge in [-0.2, -0.15) is 9.29 Å². The zero-order valence-electron chi connectivity index (χ0n) is 16.9. The minimum absolute atomic E-state index is 0.00333. The second-order valence-electron chi connectivity index (χ2n) is 8.52. The topological polar surface area (TPSA) is 79.5 Å². The number of rotatable bonds is 5. The van der Waals surface area contributed by atoms with Crippen LogP contribution in [0, 0.1) is 0 Å². The molecule has 1 unspecified atom stereocenters. The van der Waals surface area contributed by atoms with Crippen LogP contribution in [0.15, 0.2) is 27.6 Å². The molecule has 0 spiro atoms. The van der Waals surface area contributed by atoms with Crippen LogP contribution in [0.4, 0.5) is 0 Å². The molecule has 7 nitrogen and oxygen atoms in total. The van der Waals surface area contributed by atoms with Gasteiger partial charge in [0.05, 0.1) is 10.9 Å². The molecule has 1 atom stereocenters. The molecule has 0 N–H and O–H groups in total. The van der Waals surface area contributed by atoms with Gasteiger partial charge < -0.3 is 4.52 Å². The molecule has 2 aromatic rings. The van der Waals surface area contributed by atoms with Crippen molar-refractivity contribution in [3.8, 4) is 0 Å². The highest BCUT2D eigenvalue weighted by atomic mass is 32.2. The predicted molar refractivity (Wildman–Crippen MR) is 108 cm³/mol. The molecule has 0 bridgehead atoms. The first-order valence-corrected chi connectivity index (χ1v) is 12.2. The third kappa shape index (κ3) is 3.73. The zero-order valence-corrected chi connectivity index (χ0v) is 17.7. The summed E-state index contributed by atoms with van der Waals surface area (Å²) in [7, 11) is -3.45. The number of benzene rings is 1. The van der Waals surface area contributed by atoms with E-state index >= 15 is 0 Å². The first-order valence-electron chi connectivity index (χ1n) is 10.7. The van der Waals surface area contributed by atoms with E-state index in [1.54, 1.807) is 10.4 Å². The van der Waals surface area contributed by atoms with Crippen molar-refractivity contribution in [2.45, 2.75) is 62.3 Å². The lowest BCUT2D eigenvalue weighted by Gasteiger charge is -2.36. The quantitative estimate of drug-likeness (QED) is 0.746. The van der Waals surface area contributed by atoms with Crippen molar-refractivity contribution in [2.75, 3.05) is 26.2 Å². The molecule has 0 radical (unpaired) electrons. The minimum atomic E-state index is -3.45. The van der Waals surface area contributed by atoms with Crippen LogP contribution < -0.4 is 0 Å². The summed E-state index contributed by atoms with van der Waals surface area (Å²) >= 11 is 0. The van der Waals surface area contributed by atoms with Gasteiger partial charge in [-0.25, -0.2) is 8.42 Å². The summed E-state index contributed by atoms with van der Waals surface area (Å²) in [5, 5.41) is 4.10. The Labute approximate surface area is 172 Å². The van der Waals surface area contributed by atoms with Crippen LogP contribution in [-0.2, 0) is 22.9 Å². The molecule has 1 aromatic heterocycles. The molecule has 3 aliphatic rings. The molecule has 0 amide bonds. The van der Waals surface area contributed by atoms with Gasteiger partial charge in [0, 0.05) is 32.1 Å². The van der Waals surface area contributed by atoms with E-state index in [2.05, 4.69) is 22.0 Å². The number of hydrogen-bond donors (Lipinski definition) is 0. The predicted octanol–water partition coefficient (Wildman–Crippen LogP) is 2.89. The SMILES string of the molecule is CC(c1nc(C2CC2)no1)N1CCN(S(=O)(=O)c2ccc3c(c2)CCCC3)CC1. The largest absolute Gasteiger partial charge is 0.338 e. The Morgan fingerprint density at radius 1 is 1.07 bits per heavy atom. The number of nitrogens with zero attached hydrogens (tertiary/aromatic N) is 4. The maximum atomic E-state index is 13.2. The van der Waals surface area contributed by atoms with Crippen LogP contribution in [0.5, 0.6) is 0 Å². The fraction of sp³-hybridized carbons (Fsp3) is 0.619. The molecule has 2 fully saturated rings. The number of hydrogen-bond acceptors (Lipinski definition) is 6. The normalized spacial score (nSPS) is 22.4. The molecule has 5 rings (SSSR count). The lowest BCUT2D eigenvalue weighted by atomic mass is 9.92. The second-order valence-corrected chi connectivity index (χ2v) is 10.5. The van der Waals surface area contributed by atoms with Gasteiger partial charge in [0.1, 0.15) is 0 Å². The standard InChI is InChI=1S/C21H28N4O3S/c1-15(21-22-20(23-28-21)17-6-7-17)24-10-12-25(13-11-24)29(26,27)19-9-8-16-4-2-3-5-18(16)14-19/h8-9,14-15,17H,2-7,10-13H2,1H3. The van der Waals surface area contributed by atoms with E-state index in [0.29, 0.717) is 42.9 Å². The fourth-order valence-corrected chi connectivity index (χ4v) is 5.90. The van der Waals surface area contributed by atoms with Crippen LogP contribution in [0.25, 0.3) is 0 Å². The molecule has 8 heteroatoms. The van der Waals surface area contributed by atoms with Gasteiger partial charge in [0.15, 0.2) is 5.82 Å². The Morgan fingerprint density at radius 3 is 2.52 bits per heavy atom. The number of fused-ring (bicyclic) bond motifs is 1. The van der Waals surface area contributed by atoms with Crippen LogP contribution >= 0.6 is 0 Å². The summed E-state index contributed by atoms with van der Waals surface area (Å²) < 4.78 is 33.4. The fourth-order valence-electron chi connectivity index (χ4n) is 4.43. The Morgan fingerprint density at radius 2 is 1.79 bits per heavy atom. The first-order chi connectivity index (χ1) is 14.0. The number of sulfonamides is 1. The minimum Gasteiger partial charge on any atom is -0.338 e. The van der Waals surface area contributed by atoms with Crippen molar-refractivity contribution >= 4 is 10.0 Å². The van der Waals surface area contributed by atoms with E-state index in [-0.39, 0.29) is 6.04 Å². The molecule has 1 saturated carbocycles. The average molecular weight is 417 g/mol. The molecule has 1 saturated heterocycles. The maximum absolute atomic E-state index is 13.2. The Bertz CT molecular complexity index is 991. The second kappa shape index (κ2) is 7.49. The summed E-state index contributed by atoms with van der Waals surface area (Å²) in [6.07, 6.45) is 6.67. The molecule has 2 heterocycles. The van der Waals surface area contributed by atoms with Crippen molar-refractivity contribution in [2.24, 2.45) is 0 Å². The molecular weight excluding hydrogens is 388 g/mol. The molecular formula is C21H28N4O3S. The smallest absolute Gasteiger partial charge is 0.243 e. The highest BCUT2D eigenvalue weighted by Crippen LogP contribution is 2.38.